The van der Waals surface area contributed by atoms with E-state index >= 15 is 0 Å². The molecule has 0 saturated heterocycles. The van der Waals surface area contributed by atoms with Gasteiger partial charge in [-0.15, -0.1) is 0 Å². The SMILES string of the molecule is NC1=CC=C(C=O)CC1S(=O)(=O)O. The Balaban J connectivity index is 3.02. The fourth-order valence-corrected chi connectivity index (χ4v) is 1.90. The Morgan fingerprint density at radius 2 is 2.15 bits per heavy atom. The summed E-state index contributed by atoms with van der Waals surface area (Å²) < 4.78 is 30.2. The fourth-order valence-electron chi connectivity index (χ4n) is 1.08. The first-order valence-electron chi connectivity index (χ1n) is 3.53. The number of carbonyl (C=O) groups is 1. The molecule has 0 aromatic heterocycles. The first kappa shape index (κ1) is 9.94. The van der Waals surface area contributed by atoms with Gasteiger partial charge in [0.1, 0.15) is 11.5 Å². The van der Waals surface area contributed by atoms with Gasteiger partial charge in [0, 0.05) is 12.1 Å². The fraction of sp³-hybridized carbons (Fsp3) is 0.286. The van der Waals surface area contributed by atoms with Crippen molar-refractivity contribution in [2.75, 3.05) is 0 Å². The van der Waals surface area contributed by atoms with Gasteiger partial charge < -0.3 is 5.73 Å². The Kier molecular flexibility index (Phi) is 2.53. The molecule has 1 atom stereocenters. The van der Waals surface area contributed by atoms with E-state index in [1.165, 1.54) is 12.2 Å². The largest absolute Gasteiger partial charge is 0.401 e. The molecule has 1 aliphatic rings. The summed E-state index contributed by atoms with van der Waals surface area (Å²) in [6.45, 7) is 0. The molecule has 0 radical (unpaired) electrons. The van der Waals surface area contributed by atoms with Gasteiger partial charge in [0.15, 0.2) is 0 Å². The summed E-state index contributed by atoms with van der Waals surface area (Å²) in [5.74, 6) is 0. The average Bonchev–Trinajstić information content (AvgIpc) is 2.03. The van der Waals surface area contributed by atoms with Gasteiger partial charge in [0.05, 0.1) is 0 Å². The molecule has 0 saturated carbocycles. The molecule has 72 valence electrons. The van der Waals surface area contributed by atoms with Gasteiger partial charge in [0.2, 0.25) is 0 Å². The third-order valence-corrected chi connectivity index (χ3v) is 2.95. The molecule has 6 heteroatoms. The van der Waals surface area contributed by atoms with E-state index in [4.69, 9.17) is 10.3 Å². The third kappa shape index (κ3) is 2.16. The van der Waals surface area contributed by atoms with Crippen LogP contribution in [0.2, 0.25) is 0 Å². The Labute approximate surface area is 75.7 Å². The highest BCUT2D eigenvalue weighted by Gasteiger charge is 2.28. The highest BCUT2D eigenvalue weighted by Crippen LogP contribution is 2.20. The first-order chi connectivity index (χ1) is 5.95. The summed E-state index contributed by atoms with van der Waals surface area (Å²) in [4.78, 5) is 10.3. The Morgan fingerprint density at radius 1 is 1.54 bits per heavy atom. The molecule has 0 bridgehead atoms. The maximum atomic E-state index is 10.7. The van der Waals surface area contributed by atoms with Crippen LogP contribution in [0.5, 0.6) is 0 Å². The van der Waals surface area contributed by atoms with Crippen molar-refractivity contribution < 1.29 is 17.8 Å². The van der Waals surface area contributed by atoms with Gasteiger partial charge in [-0.1, -0.05) is 6.08 Å². The van der Waals surface area contributed by atoms with Crippen LogP contribution in [-0.4, -0.2) is 24.5 Å². The summed E-state index contributed by atoms with van der Waals surface area (Å²) >= 11 is 0. The number of hydrogen-bond donors (Lipinski definition) is 2. The summed E-state index contributed by atoms with van der Waals surface area (Å²) in [5, 5.41) is -1.18. The Morgan fingerprint density at radius 3 is 2.62 bits per heavy atom. The zero-order chi connectivity index (χ0) is 10.1. The highest BCUT2D eigenvalue weighted by atomic mass is 32.2. The lowest BCUT2D eigenvalue weighted by Crippen LogP contribution is -2.29. The smallest absolute Gasteiger partial charge is 0.273 e. The van der Waals surface area contributed by atoms with Gasteiger partial charge in [-0.2, -0.15) is 8.42 Å². The molecule has 0 aromatic carbocycles. The van der Waals surface area contributed by atoms with Crippen LogP contribution >= 0.6 is 0 Å². The van der Waals surface area contributed by atoms with E-state index in [1.54, 1.807) is 0 Å². The Hall–Kier alpha value is -1.14. The second-order valence-electron chi connectivity index (χ2n) is 2.73. The standard InChI is InChI=1S/C7H9NO4S/c8-6-2-1-5(4-9)3-7(6)13(10,11)12/h1-2,4,7H,3,8H2,(H,10,11,12). The Bertz CT molecular complexity index is 379. The number of aldehydes is 1. The van der Waals surface area contributed by atoms with Gasteiger partial charge in [0.25, 0.3) is 10.1 Å². The third-order valence-electron chi connectivity index (χ3n) is 1.79. The van der Waals surface area contributed by atoms with Gasteiger partial charge >= 0.3 is 0 Å². The normalized spacial score (nSPS) is 23.3. The van der Waals surface area contributed by atoms with Crippen molar-refractivity contribution in [2.45, 2.75) is 11.7 Å². The van der Waals surface area contributed by atoms with E-state index < -0.39 is 15.4 Å². The van der Waals surface area contributed by atoms with Crippen LogP contribution in [-0.2, 0) is 14.9 Å². The molecule has 0 spiro atoms. The lowest BCUT2D eigenvalue weighted by atomic mass is 10.0. The molecule has 1 aliphatic carbocycles. The van der Waals surface area contributed by atoms with Crippen molar-refractivity contribution in [3.8, 4) is 0 Å². The van der Waals surface area contributed by atoms with E-state index in [-0.39, 0.29) is 12.1 Å². The minimum absolute atomic E-state index is 0.0492. The van der Waals surface area contributed by atoms with Crippen molar-refractivity contribution in [3.05, 3.63) is 23.4 Å². The molecule has 0 fully saturated rings. The molecule has 5 nitrogen and oxygen atoms in total. The quantitative estimate of drug-likeness (QED) is 0.470. The van der Waals surface area contributed by atoms with Crippen LogP contribution in [0.3, 0.4) is 0 Å². The molecular formula is C7H9NO4S. The predicted octanol–water partition coefficient (Wildman–Crippen LogP) is -0.386. The molecule has 0 aliphatic heterocycles. The van der Waals surface area contributed by atoms with Crippen molar-refractivity contribution in [1.29, 1.82) is 0 Å². The van der Waals surface area contributed by atoms with Gasteiger partial charge in [-0.05, 0) is 11.6 Å². The number of rotatable bonds is 2. The minimum atomic E-state index is -4.21. The molecule has 1 unspecified atom stereocenters. The summed E-state index contributed by atoms with van der Waals surface area (Å²) in [7, 11) is -4.21. The molecule has 0 heterocycles. The van der Waals surface area contributed by atoms with Crippen LogP contribution < -0.4 is 5.73 Å². The molecule has 1 rings (SSSR count). The van der Waals surface area contributed by atoms with E-state index in [0.717, 1.165) is 0 Å². The van der Waals surface area contributed by atoms with E-state index in [9.17, 15) is 13.2 Å². The molecule has 0 aromatic rings. The second kappa shape index (κ2) is 3.31. The van der Waals surface area contributed by atoms with Crippen LogP contribution in [0.1, 0.15) is 6.42 Å². The van der Waals surface area contributed by atoms with Crippen molar-refractivity contribution in [2.24, 2.45) is 5.73 Å². The maximum Gasteiger partial charge on any atom is 0.273 e. The monoisotopic (exact) mass is 203 g/mol. The maximum absolute atomic E-state index is 10.7. The molecule has 13 heavy (non-hydrogen) atoms. The highest BCUT2D eigenvalue weighted by molar-refractivity contribution is 7.86. The van der Waals surface area contributed by atoms with Crippen molar-refractivity contribution in [1.82, 2.24) is 0 Å². The van der Waals surface area contributed by atoms with Crippen molar-refractivity contribution in [3.63, 3.8) is 0 Å². The van der Waals surface area contributed by atoms with Crippen LogP contribution in [0.25, 0.3) is 0 Å². The topological polar surface area (TPSA) is 97.5 Å². The summed E-state index contributed by atoms with van der Waals surface area (Å²) in [5.41, 5.74) is 5.70. The van der Waals surface area contributed by atoms with E-state index in [1.807, 2.05) is 0 Å². The molecule has 0 amide bonds. The van der Waals surface area contributed by atoms with Crippen LogP contribution in [0.4, 0.5) is 0 Å². The first-order valence-corrected chi connectivity index (χ1v) is 5.03. The van der Waals surface area contributed by atoms with Crippen LogP contribution in [0, 0.1) is 0 Å². The lowest BCUT2D eigenvalue weighted by molar-refractivity contribution is -0.105. The molecule has 3 N–H and O–H groups in total. The number of carbonyl (C=O) groups excluding carboxylic acids is 1. The summed E-state index contributed by atoms with van der Waals surface area (Å²) in [6.07, 6.45) is 3.22. The van der Waals surface area contributed by atoms with E-state index in [0.29, 0.717) is 11.9 Å². The van der Waals surface area contributed by atoms with E-state index in [2.05, 4.69) is 0 Å². The van der Waals surface area contributed by atoms with Crippen molar-refractivity contribution >= 4 is 16.4 Å². The van der Waals surface area contributed by atoms with Gasteiger partial charge in [-0.25, -0.2) is 0 Å². The van der Waals surface area contributed by atoms with Gasteiger partial charge in [-0.3, -0.25) is 9.35 Å². The molecular weight excluding hydrogens is 194 g/mol. The van der Waals surface area contributed by atoms with Crippen LogP contribution in [0.15, 0.2) is 23.4 Å². The second-order valence-corrected chi connectivity index (χ2v) is 4.33. The zero-order valence-electron chi connectivity index (χ0n) is 6.67. The number of nitrogens with two attached hydrogens (primary N) is 1. The average molecular weight is 203 g/mol. The summed E-state index contributed by atoms with van der Waals surface area (Å²) in [6, 6.07) is 0. The minimum Gasteiger partial charge on any atom is -0.401 e. The predicted molar refractivity (Wildman–Crippen MR) is 46.4 cm³/mol. The number of allylic oxidation sites excluding steroid dienone is 3. The number of hydrogen-bond acceptors (Lipinski definition) is 4. The lowest BCUT2D eigenvalue weighted by Gasteiger charge is -2.16. The zero-order valence-corrected chi connectivity index (χ0v) is 7.49.